The van der Waals surface area contributed by atoms with Crippen LogP contribution in [0.2, 0.25) is 0 Å². The number of hydrogen-bond acceptors (Lipinski definition) is 4. The Bertz CT molecular complexity index is 356. The molecular formula is C14H24N2O2. The number of benzene rings is 1. The molecule has 0 bridgehead atoms. The van der Waals surface area contributed by atoms with Gasteiger partial charge in [-0.25, -0.2) is 0 Å². The molecule has 0 amide bonds. The van der Waals surface area contributed by atoms with Crippen molar-refractivity contribution in [2.24, 2.45) is 0 Å². The molecule has 102 valence electrons. The third-order valence-electron chi connectivity index (χ3n) is 2.74. The summed E-state index contributed by atoms with van der Waals surface area (Å²) in [4.78, 5) is 2.26. The first-order chi connectivity index (χ1) is 8.67. The second-order valence-corrected chi connectivity index (χ2v) is 4.43. The monoisotopic (exact) mass is 252 g/mol. The van der Waals surface area contributed by atoms with Gasteiger partial charge in [0.25, 0.3) is 0 Å². The van der Waals surface area contributed by atoms with E-state index in [1.54, 1.807) is 6.07 Å². The lowest BCUT2D eigenvalue weighted by atomic mass is 10.2. The second kappa shape index (κ2) is 7.95. The van der Waals surface area contributed by atoms with E-state index in [9.17, 15) is 5.11 Å². The number of ether oxygens (including phenoxy) is 1. The number of rotatable bonds is 8. The Morgan fingerprint density at radius 3 is 2.83 bits per heavy atom. The molecule has 1 rings (SSSR count). The highest BCUT2D eigenvalue weighted by Crippen LogP contribution is 2.27. The molecule has 0 atom stereocenters. The molecule has 0 heterocycles. The quantitative estimate of drug-likeness (QED) is 0.693. The second-order valence-electron chi connectivity index (χ2n) is 4.43. The molecule has 0 aliphatic carbocycles. The highest BCUT2D eigenvalue weighted by Gasteiger charge is 2.05. The molecule has 1 aromatic carbocycles. The predicted octanol–water partition coefficient (Wildman–Crippen LogP) is 1.83. The third kappa shape index (κ3) is 4.94. The van der Waals surface area contributed by atoms with Gasteiger partial charge in [0.05, 0.1) is 6.61 Å². The summed E-state index contributed by atoms with van der Waals surface area (Å²) in [5, 5.41) is 12.8. The largest absolute Gasteiger partial charge is 0.504 e. The van der Waals surface area contributed by atoms with E-state index in [-0.39, 0.29) is 5.75 Å². The standard InChI is InChI=1S/C14H24N2O2/c1-4-18-14-10-12(6-7-13(14)17)11-16(3)9-5-8-15-2/h6-7,10,15,17H,4-5,8-9,11H2,1-3H3. The van der Waals surface area contributed by atoms with Crippen molar-refractivity contribution in [1.29, 1.82) is 0 Å². The Balaban J connectivity index is 2.53. The van der Waals surface area contributed by atoms with E-state index in [4.69, 9.17) is 4.74 Å². The molecule has 0 radical (unpaired) electrons. The van der Waals surface area contributed by atoms with Crippen molar-refractivity contribution in [2.75, 3.05) is 33.8 Å². The van der Waals surface area contributed by atoms with Crippen molar-refractivity contribution in [3.63, 3.8) is 0 Å². The fraction of sp³-hybridized carbons (Fsp3) is 0.571. The first-order valence-electron chi connectivity index (χ1n) is 6.45. The lowest BCUT2D eigenvalue weighted by Crippen LogP contribution is -2.22. The van der Waals surface area contributed by atoms with Crippen molar-refractivity contribution in [1.82, 2.24) is 10.2 Å². The van der Waals surface area contributed by atoms with Crippen molar-refractivity contribution >= 4 is 0 Å². The van der Waals surface area contributed by atoms with Gasteiger partial charge in [-0.1, -0.05) is 6.07 Å². The average Bonchev–Trinajstić information content (AvgIpc) is 2.34. The summed E-state index contributed by atoms with van der Waals surface area (Å²) in [7, 11) is 4.07. The van der Waals surface area contributed by atoms with E-state index >= 15 is 0 Å². The van der Waals surface area contributed by atoms with Crippen LogP contribution in [0.4, 0.5) is 0 Å². The maximum absolute atomic E-state index is 9.63. The third-order valence-corrected chi connectivity index (χ3v) is 2.74. The Kier molecular flexibility index (Phi) is 6.54. The molecule has 0 saturated heterocycles. The van der Waals surface area contributed by atoms with Gasteiger partial charge in [0.2, 0.25) is 0 Å². The maximum Gasteiger partial charge on any atom is 0.161 e. The zero-order valence-corrected chi connectivity index (χ0v) is 11.6. The minimum Gasteiger partial charge on any atom is -0.504 e. The summed E-state index contributed by atoms with van der Waals surface area (Å²) in [6, 6.07) is 5.54. The van der Waals surface area contributed by atoms with Crippen LogP contribution in [0.5, 0.6) is 11.5 Å². The summed E-state index contributed by atoms with van der Waals surface area (Å²) < 4.78 is 5.38. The van der Waals surface area contributed by atoms with Gasteiger partial charge in [-0.2, -0.15) is 0 Å². The molecule has 0 spiro atoms. The first-order valence-corrected chi connectivity index (χ1v) is 6.45. The molecule has 0 fully saturated rings. The number of phenols is 1. The van der Waals surface area contributed by atoms with Crippen LogP contribution < -0.4 is 10.1 Å². The Hall–Kier alpha value is -1.26. The average molecular weight is 252 g/mol. The smallest absolute Gasteiger partial charge is 0.161 e. The summed E-state index contributed by atoms with van der Waals surface area (Å²) in [5.74, 6) is 0.775. The fourth-order valence-electron chi connectivity index (χ4n) is 1.84. The van der Waals surface area contributed by atoms with E-state index in [0.717, 1.165) is 31.6 Å². The molecule has 18 heavy (non-hydrogen) atoms. The number of aromatic hydroxyl groups is 1. The van der Waals surface area contributed by atoms with E-state index in [1.165, 1.54) is 0 Å². The number of nitrogens with zero attached hydrogens (tertiary/aromatic N) is 1. The zero-order valence-electron chi connectivity index (χ0n) is 11.6. The van der Waals surface area contributed by atoms with Crippen LogP contribution in [0, 0.1) is 0 Å². The van der Waals surface area contributed by atoms with Crippen molar-refractivity contribution in [2.45, 2.75) is 19.9 Å². The van der Waals surface area contributed by atoms with Crippen LogP contribution in [-0.4, -0.2) is 43.8 Å². The summed E-state index contributed by atoms with van der Waals surface area (Å²) in [5.41, 5.74) is 1.16. The molecule has 0 aliphatic rings. The van der Waals surface area contributed by atoms with Gasteiger partial charge in [-0.3, -0.25) is 0 Å². The lowest BCUT2D eigenvalue weighted by molar-refractivity contribution is 0.309. The van der Waals surface area contributed by atoms with Gasteiger partial charge < -0.3 is 20.1 Å². The van der Waals surface area contributed by atoms with E-state index < -0.39 is 0 Å². The summed E-state index contributed by atoms with van der Waals surface area (Å²) >= 11 is 0. The Labute approximate surface area is 110 Å². The SMILES string of the molecule is CCOc1cc(CN(C)CCCNC)ccc1O. The molecule has 4 heteroatoms. The van der Waals surface area contributed by atoms with Gasteiger partial charge in [0.1, 0.15) is 0 Å². The predicted molar refractivity (Wildman–Crippen MR) is 74.2 cm³/mol. The molecule has 0 saturated carbocycles. The minimum atomic E-state index is 0.207. The van der Waals surface area contributed by atoms with E-state index in [2.05, 4.69) is 17.3 Å². The van der Waals surface area contributed by atoms with E-state index in [0.29, 0.717) is 12.4 Å². The van der Waals surface area contributed by atoms with Crippen molar-refractivity contribution in [3.8, 4) is 11.5 Å². The maximum atomic E-state index is 9.63. The molecule has 1 aromatic rings. The normalized spacial score (nSPS) is 10.9. The molecule has 0 unspecified atom stereocenters. The van der Waals surface area contributed by atoms with Gasteiger partial charge in [-0.15, -0.1) is 0 Å². The Morgan fingerprint density at radius 2 is 2.17 bits per heavy atom. The highest BCUT2D eigenvalue weighted by molar-refractivity contribution is 5.41. The van der Waals surface area contributed by atoms with Gasteiger partial charge in [0, 0.05) is 6.54 Å². The lowest BCUT2D eigenvalue weighted by Gasteiger charge is -2.17. The first kappa shape index (κ1) is 14.8. The van der Waals surface area contributed by atoms with Gasteiger partial charge in [-0.05, 0) is 58.2 Å². The molecule has 0 aliphatic heterocycles. The molecular weight excluding hydrogens is 228 g/mol. The van der Waals surface area contributed by atoms with Crippen LogP contribution in [0.15, 0.2) is 18.2 Å². The van der Waals surface area contributed by atoms with Crippen molar-refractivity contribution < 1.29 is 9.84 Å². The van der Waals surface area contributed by atoms with Crippen LogP contribution in [0.25, 0.3) is 0 Å². The molecule has 0 aromatic heterocycles. The highest BCUT2D eigenvalue weighted by atomic mass is 16.5. The van der Waals surface area contributed by atoms with Gasteiger partial charge >= 0.3 is 0 Å². The number of nitrogens with one attached hydrogen (secondary N) is 1. The summed E-state index contributed by atoms with van der Waals surface area (Å²) in [6.45, 7) is 5.42. The van der Waals surface area contributed by atoms with Crippen LogP contribution in [0.3, 0.4) is 0 Å². The van der Waals surface area contributed by atoms with Gasteiger partial charge in [0.15, 0.2) is 11.5 Å². The zero-order chi connectivity index (χ0) is 13.4. The Morgan fingerprint density at radius 1 is 1.39 bits per heavy atom. The van der Waals surface area contributed by atoms with Crippen LogP contribution in [0.1, 0.15) is 18.9 Å². The van der Waals surface area contributed by atoms with Crippen LogP contribution >= 0.6 is 0 Å². The number of hydrogen-bond donors (Lipinski definition) is 2. The molecule has 2 N–H and O–H groups in total. The fourth-order valence-corrected chi connectivity index (χ4v) is 1.84. The minimum absolute atomic E-state index is 0.207. The molecule has 4 nitrogen and oxygen atoms in total. The number of phenolic OH excluding ortho intramolecular Hbond substituents is 1. The van der Waals surface area contributed by atoms with Crippen LogP contribution in [-0.2, 0) is 6.54 Å². The van der Waals surface area contributed by atoms with E-state index in [1.807, 2.05) is 26.1 Å². The topological polar surface area (TPSA) is 44.7 Å². The van der Waals surface area contributed by atoms with Crippen molar-refractivity contribution in [3.05, 3.63) is 23.8 Å². The summed E-state index contributed by atoms with van der Waals surface area (Å²) in [6.07, 6.45) is 1.13.